The van der Waals surface area contributed by atoms with Gasteiger partial charge >= 0.3 is 0 Å². The molecule has 1 aliphatic rings. The third-order valence-corrected chi connectivity index (χ3v) is 3.11. The average Bonchev–Trinajstić information content (AvgIpc) is 2.89. The molecule has 1 heterocycles. The number of aryl methyl sites for hydroxylation is 1. The number of hydrogen-bond donors (Lipinski definition) is 1. The van der Waals surface area contributed by atoms with E-state index in [1.165, 1.54) is 12.8 Å². The molecule has 2 rings (SSSR count). The van der Waals surface area contributed by atoms with Crippen molar-refractivity contribution >= 4 is 0 Å². The molecule has 78 valence electrons. The molecule has 2 heteroatoms. The summed E-state index contributed by atoms with van der Waals surface area (Å²) in [7, 11) is 0. The van der Waals surface area contributed by atoms with E-state index >= 15 is 0 Å². The Morgan fingerprint density at radius 3 is 2.64 bits per heavy atom. The maximum absolute atomic E-state index is 5.52. The van der Waals surface area contributed by atoms with E-state index in [2.05, 4.69) is 19.2 Å². The topological polar surface area (TPSA) is 25.2 Å². The van der Waals surface area contributed by atoms with Crippen LogP contribution in [0.1, 0.15) is 38.2 Å². The fourth-order valence-corrected chi connectivity index (χ4v) is 1.84. The smallest absolute Gasteiger partial charge is 0.117 e. The van der Waals surface area contributed by atoms with E-state index in [4.69, 9.17) is 4.42 Å². The Morgan fingerprint density at radius 2 is 2.14 bits per heavy atom. The lowest BCUT2D eigenvalue weighted by Crippen LogP contribution is -2.40. The molecule has 1 aliphatic carbocycles. The van der Waals surface area contributed by atoms with Crippen LogP contribution in [0.5, 0.6) is 0 Å². The minimum Gasteiger partial charge on any atom is -0.465 e. The van der Waals surface area contributed by atoms with E-state index in [0.29, 0.717) is 0 Å². The molecule has 14 heavy (non-hydrogen) atoms. The molecule has 1 aromatic rings. The van der Waals surface area contributed by atoms with Crippen LogP contribution in [0.2, 0.25) is 0 Å². The van der Waals surface area contributed by atoms with Gasteiger partial charge in [0.15, 0.2) is 0 Å². The van der Waals surface area contributed by atoms with Crippen LogP contribution < -0.4 is 5.32 Å². The minimum absolute atomic E-state index is 0.265. The van der Waals surface area contributed by atoms with Crippen molar-refractivity contribution in [1.82, 2.24) is 5.32 Å². The van der Waals surface area contributed by atoms with Crippen molar-refractivity contribution in [2.45, 2.75) is 45.7 Å². The van der Waals surface area contributed by atoms with E-state index in [1.54, 1.807) is 0 Å². The second-order valence-electron chi connectivity index (χ2n) is 4.86. The van der Waals surface area contributed by atoms with Crippen LogP contribution in [0.25, 0.3) is 0 Å². The van der Waals surface area contributed by atoms with Crippen LogP contribution in [-0.4, -0.2) is 5.54 Å². The van der Waals surface area contributed by atoms with Gasteiger partial charge in [-0.05, 0) is 51.7 Å². The van der Waals surface area contributed by atoms with Crippen molar-refractivity contribution < 1.29 is 4.42 Å². The molecular formula is C12H19NO. The van der Waals surface area contributed by atoms with Gasteiger partial charge in [0.1, 0.15) is 11.5 Å². The SMILES string of the molecule is Cc1ccc(CNC(C)(C)C2CC2)o1. The molecule has 1 fully saturated rings. The van der Waals surface area contributed by atoms with E-state index in [1.807, 2.05) is 19.1 Å². The Kier molecular flexibility index (Phi) is 2.40. The summed E-state index contributed by atoms with van der Waals surface area (Å²) in [6, 6.07) is 4.06. The number of furan rings is 1. The molecule has 1 aromatic heterocycles. The maximum atomic E-state index is 5.52. The predicted octanol–water partition coefficient (Wildman–Crippen LogP) is 2.87. The van der Waals surface area contributed by atoms with E-state index in [9.17, 15) is 0 Å². The lowest BCUT2D eigenvalue weighted by molar-refractivity contribution is 0.321. The molecule has 1 N–H and O–H groups in total. The van der Waals surface area contributed by atoms with Gasteiger partial charge in [-0.3, -0.25) is 0 Å². The highest BCUT2D eigenvalue weighted by Gasteiger charge is 2.37. The zero-order chi connectivity index (χ0) is 10.2. The molecule has 2 nitrogen and oxygen atoms in total. The second-order valence-corrected chi connectivity index (χ2v) is 4.86. The number of rotatable bonds is 4. The molecule has 0 amide bonds. The Morgan fingerprint density at radius 1 is 1.43 bits per heavy atom. The number of hydrogen-bond acceptors (Lipinski definition) is 2. The summed E-state index contributed by atoms with van der Waals surface area (Å²) < 4.78 is 5.52. The third kappa shape index (κ3) is 2.18. The van der Waals surface area contributed by atoms with Crippen molar-refractivity contribution in [3.05, 3.63) is 23.7 Å². The Hall–Kier alpha value is -0.760. The monoisotopic (exact) mass is 193 g/mol. The minimum atomic E-state index is 0.265. The molecule has 0 unspecified atom stereocenters. The van der Waals surface area contributed by atoms with Crippen LogP contribution in [0, 0.1) is 12.8 Å². The van der Waals surface area contributed by atoms with Gasteiger partial charge in [0.05, 0.1) is 6.54 Å². The number of nitrogens with one attached hydrogen (secondary N) is 1. The quantitative estimate of drug-likeness (QED) is 0.795. The van der Waals surface area contributed by atoms with Gasteiger partial charge in [-0.2, -0.15) is 0 Å². The lowest BCUT2D eigenvalue weighted by Gasteiger charge is -2.25. The standard InChI is InChI=1S/C12H19NO/c1-9-4-7-11(14-9)8-13-12(2,3)10-5-6-10/h4,7,10,13H,5-6,8H2,1-3H3. The Bertz CT molecular complexity index is 310. The zero-order valence-electron chi connectivity index (χ0n) is 9.26. The van der Waals surface area contributed by atoms with Crippen molar-refractivity contribution in [1.29, 1.82) is 0 Å². The maximum Gasteiger partial charge on any atom is 0.117 e. The molecule has 0 atom stereocenters. The van der Waals surface area contributed by atoms with Crippen LogP contribution >= 0.6 is 0 Å². The van der Waals surface area contributed by atoms with Gasteiger partial charge in [-0.1, -0.05) is 0 Å². The predicted molar refractivity (Wildman–Crippen MR) is 57.1 cm³/mol. The van der Waals surface area contributed by atoms with Gasteiger partial charge in [-0.25, -0.2) is 0 Å². The summed E-state index contributed by atoms with van der Waals surface area (Å²) in [6.45, 7) is 7.38. The Labute approximate surface area is 85.7 Å². The highest BCUT2D eigenvalue weighted by atomic mass is 16.3. The van der Waals surface area contributed by atoms with Crippen molar-refractivity contribution in [2.24, 2.45) is 5.92 Å². The summed E-state index contributed by atoms with van der Waals surface area (Å²) in [6.07, 6.45) is 2.74. The lowest BCUT2D eigenvalue weighted by atomic mass is 9.99. The van der Waals surface area contributed by atoms with Crippen molar-refractivity contribution in [2.75, 3.05) is 0 Å². The summed E-state index contributed by atoms with van der Waals surface area (Å²) >= 11 is 0. The van der Waals surface area contributed by atoms with Gasteiger partial charge in [0.2, 0.25) is 0 Å². The highest BCUT2D eigenvalue weighted by molar-refractivity contribution is 5.06. The molecule has 0 saturated heterocycles. The first-order valence-electron chi connectivity index (χ1n) is 5.38. The van der Waals surface area contributed by atoms with E-state index in [0.717, 1.165) is 24.0 Å². The molecule has 0 radical (unpaired) electrons. The van der Waals surface area contributed by atoms with Crippen LogP contribution in [0.3, 0.4) is 0 Å². The molecule has 0 aliphatic heterocycles. The van der Waals surface area contributed by atoms with Gasteiger partial charge in [0, 0.05) is 5.54 Å². The highest BCUT2D eigenvalue weighted by Crippen LogP contribution is 2.39. The average molecular weight is 193 g/mol. The summed E-state index contributed by atoms with van der Waals surface area (Å²) in [5, 5.41) is 3.56. The fraction of sp³-hybridized carbons (Fsp3) is 0.667. The zero-order valence-corrected chi connectivity index (χ0v) is 9.26. The summed E-state index contributed by atoms with van der Waals surface area (Å²) in [5.41, 5.74) is 0.265. The van der Waals surface area contributed by atoms with Gasteiger partial charge in [-0.15, -0.1) is 0 Å². The molecule has 0 bridgehead atoms. The fourth-order valence-electron chi connectivity index (χ4n) is 1.84. The normalized spacial score (nSPS) is 17.4. The second kappa shape index (κ2) is 3.43. The van der Waals surface area contributed by atoms with Crippen molar-refractivity contribution in [3.63, 3.8) is 0 Å². The van der Waals surface area contributed by atoms with Gasteiger partial charge < -0.3 is 9.73 Å². The first kappa shape index (κ1) is 9.78. The molecule has 1 saturated carbocycles. The Balaban J connectivity index is 1.87. The van der Waals surface area contributed by atoms with Crippen molar-refractivity contribution in [3.8, 4) is 0 Å². The van der Waals surface area contributed by atoms with Crippen LogP contribution in [0.15, 0.2) is 16.5 Å². The largest absolute Gasteiger partial charge is 0.465 e. The summed E-state index contributed by atoms with van der Waals surface area (Å²) in [5.74, 6) is 2.89. The first-order chi connectivity index (χ1) is 6.58. The van der Waals surface area contributed by atoms with Crippen LogP contribution in [-0.2, 0) is 6.54 Å². The molecular weight excluding hydrogens is 174 g/mol. The third-order valence-electron chi connectivity index (χ3n) is 3.11. The van der Waals surface area contributed by atoms with E-state index in [-0.39, 0.29) is 5.54 Å². The first-order valence-corrected chi connectivity index (χ1v) is 5.38. The summed E-state index contributed by atoms with van der Waals surface area (Å²) in [4.78, 5) is 0. The van der Waals surface area contributed by atoms with Crippen LogP contribution in [0.4, 0.5) is 0 Å². The molecule has 0 aromatic carbocycles. The van der Waals surface area contributed by atoms with Gasteiger partial charge in [0.25, 0.3) is 0 Å². The van der Waals surface area contributed by atoms with E-state index < -0.39 is 0 Å². The molecule has 0 spiro atoms.